The molecule has 2 bridgehead atoms. The Labute approximate surface area is 73.5 Å². The van der Waals surface area contributed by atoms with E-state index >= 15 is 0 Å². The first-order valence-corrected chi connectivity index (χ1v) is 4.86. The number of fused-ring (bicyclic) bond motifs is 2. The van der Waals surface area contributed by atoms with Crippen LogP contribution >= 0.6 is 0 Å². The molecule has 4 unspecified atom stereocenters. The molecule has 4 atom stereocenters. The van der Waals surface area contributed by atoms with E-state index in [0.717, 1.165) is 18.3 Å². The molecule has 0 aromatic rings. The molecule has 2 heteroatoms. The molecule has 0 amide bonds. The summed E-state index contributed by atoms with van der Waals surface area (Å²) in [6.07, 6.45) is 7.97. The first-order valence-electron chi connectivity index (χ1n) is 4.86. The largest absolute Gasteiger partial charge is 0.396 e. The number of rotatable bonds is 3. The summed E-state index contributed by atoms with van der Waals surface area (Å²) in [5.74, 6) is 2.16. The summed E-state index contributed by atoms with van der Waals surface area (Å²) < 4.78 is 0. The smallest absolute Gasteiger partial charge is 0.0445 e. The van der Waals surface area contributed by atoms with E-state index in [1.165, 1.54) is 12.8 Å². The molecule has 2 aliphatic rings. The Hall–Kier alpha value is -0.340. The maximum atomic E-state index is 8.77. The second kappa shape index (κ2) is 3.19. The van der Waals surface area contributed by atoms with Gasteiger partial charge in [-0.3, -0.25) is 0 Å². The molecule has 0 saturated heterocycles. The minimum Gasteiger partial charge on any atom is -0.396 e. The first kappa shape index (κ1) is 8.27. The number of hydrogen-bond donors (Lipinski definition) is 2. The summed E-state index contributed by atoms with van der Waals surface area (Å²) in [6, 6.07) is 0.218. The second-order valence-electron chi connectivity index (χ2n) is 4.12. The Morgan fingerprint density at radius 2 is 2.25 bits per heavy atom. The van der Waals surface area contributed by atoms with Crippen LogP contribution in [-0.2, 0) is 0 Å². The van der Waals surface area contributed by atoms with Crippen molar-refractivity contribution in [2.45, 2.75) is 25.3 Å². The molecule has 0 aliphatic heterocycles. The van der Waals surface area contributed by atoms with Gasteiger partial charge in [-0.2, -0.15) is 0 Å². The molecule has 0 aromatic carbocycles. The van der Waals surface area contributed by atoms with E-state index < -0.39 is 0 Å². The van der Waals surface area contributed by atoms with Gasteiger partial charge in [0.2, 0.25) is 0 Å². The highest BCUT2D eigenvalue weighted by atomic mass is 16.3. The molecule has 68 valence electrons. The summed E-state index contributed by atoms with van der Waals surface area (Å²) in [6.45, 7) is 0.235. The average molecular weight is 167 g/mol. The summed E-state index contributed by atoms with van der Waals surface area (Å²) in [5, 5.41) is 8.77. The SMILES string of the molecule is NC(CCO)C1CC2C=CC1C2. The Morgan fingerprint density at radius 1 is 1.42 bits per heavy atom. The Morgan fingerprint density at radius 3 is 2.75 bits per heavy atom. The summed E-state index contributed by atoms with van der Waals surface area (Å²) in [4.78, 5) is 0. The zero-order valence-electron chi connectivity index (χ0n) is 7.32. The molecule has 2 rings (SSSR count). The number of allylic oxidation sites excluding steroid dienone is 2. The molecule has 2 aliphatic carbocycles. The first-order chi connectivity index (χ1) is 5.81. The molecule has 2 nitrogen and oxygen atoms in total. The maximum Gasteiger partial charge on any atom is 0.0445 e. The van der Waals surface area contributed by atoms with Gasteiger partial charge >= 0.3 is 0 Å². The summed E-state index contributed by atoms with van der Waals surface area (Å²) in [5.41, 5.74) is 5.98. The Kier molecular flexibility index (Phi) is 2.20. The standard InChI is InChI=1S/C10H17NO/c11-10(3-4-12)9-6-7-1-2-8(9)5-7/h1-2,7-10,12H,3-6,11H2. The molecular formula is C10H17NO. The average Bonchev–Trinajstić information content (AvgIpc) is 2.64. The van der Waals surface area contributed by atoms with Crippen molar-refractivity contribution in [3.8, 4) is 0 Å². The second-order valence-corrected chi connectivity index (χ2v) is 4.12. The van der Waals surface area contributed by atoms with Crippen LogP contribution in [0, 0.1) is 17.8 Å². The van der Waals surface area contributed by atoms with Crippen molar-refractivity contribution in [3.63, 3.8) is 0 Å². The normalized spacial score (nSPS) is 40.7. The lowest BCUT2D eigenvalue weighted by Crippen LogP contribution is -2.33. The van der Waals surface area contributed by atoms with E-state index in [-0.39, 0.29) is 12.6 Å². The van der Waals surface area contributed by atoms with Gasteiger partial charge in [0.15, 0.2) is 0 Å². The minimum atomic E-state index is 0.218. The molecular weight excluding hydrogens is 150 g/mol. The number of hydrogen-bond acceptors (Lipinski definition) is 2. The lowest BCUT2D eigenvalue weighted by molar-refractivity contribution is 0.243. The van der Waals surface area contributed by atoms with E-state index in [9.17, 15) is 0 Å². The van der Waals surface area contributed by atoms with Gasteiger partial charge in [-0.1, -0.05) is 12.2 Å². The van der Waals surface area contributed by atoms with Crippen LogP contribution in [0.3, 0.4) is 0 Å². The van der Waals surface area contributed by atoms with Crippen molar-refractivity contribution in [1.82, 2.24) is 0 Å². The van der Waals surface area contributed by atoms with Crippen molar-refractivity contribution in [2.75, 3.05) is 6.61 Å². The van der Waals surface area contributed by atoms with Crippen LogP contribution in [0.1, 0.15) is 19.3 Å². The van der Waals surface area contributed by atoms with Crippen molar-refractivity contribution < 1.29 is 5.11 Å². The van der Waals surface area contributed by atoms with Gasteiger partial charge in [-0.25, -0.2) is 0 Å². The van der Waals surface area contributed by atoms with Gasteiger partial charge in [0, 0.05) is 12.6 Å². The van der Waals surface area contributed by atoms with E-state index in [2.05, 4.69) is 12.2 Å². The third-order valence-corrected chi connectivity index (χ3v) is 3.34. The number of aliphatic hydroxyl groups is 1. The van der Waals surface area contributed by atoms with E-state index in [4.69, 9.17) is 10.8 Å². The van der Waals surface area contributed by atoms with Crippen LogP contribution < -0.4 is 5.73 Å². The van der Waals surface area contributed by atoms with Gasteiger partial charge < -0.3 is 10.8 Å². The van der Waals surface area contributed by atoms with E-state index in [1.54, 1.807) is 0 Å². The van der Waals surface area contributed by atoms with Gasteiger partial charge in [0.25, 0.3) is 0 Å². The molecule has 1 fully saturated rings. The fraction of sp³-hybridized carbons (Fsp3) is 0.800. The van der Waals surface area contributed by atoms with Gasteiger partial charge in [0.1, 0.15) is 0 Å². The zero-order valence-corrected chi connectivity index (χ0v) is 7.32. The monoisotopic (exact) mass is 167 g/mol. The minimum absolute atomic E-state index is 0.218. The van der Waals surface area contributed by atoms with Gasteiger partial charge in [0.05, 0.1) is 0 Å². The van der Waals surface area contributed by atoms with Crippen LogP contribution in [0.2, 0.25) is 0 Å². The van der Waals surface area contributed by atoms with Crippen LogP contribution in [-0.4, -0.2) is 17.8 Å². The highest BCUT2D eigenvalue weighted by Gasteiger charge is 2.38. The Balaban J connectivity index is 1.93. The van der Waals surface area contributed by atoms with Crippen molar-refractivity contribution >= 4 is 0 Å². The molecule has 0 radical (unpaired) electrons. The third-order valence-electron chi connectivity index (χ3n) is 3.34. The Bertz CT molecular complexity index is 190. The summed E-state index contributed by atoms with van der Waals surface area (Å²) in [7, 11) is 0. The predicted octanol–water partition coefficient (Wildman–Crippen LogP) is 0.908. The maximum absolute atomic E-state index is 8.77. The molecule has 3 N–H and O–H groups in total. The van der Waals surface area contributed by atoms with E-state index in [1.807, 2.05) is 0 Å². The highest BCUT2D eigenvalue weighted by Crippen LogP contribution is 2.44. The molecule has 12 heavy (non-hydrogen) atoms. The quantitative estimate of drug-likeness (QED) is 0.614. The highest BCUT2D eigenvalue weighted by molar-refractivity contribution is 5.11. The van der Waals surface area contributed by atoms with Crippen LogP contribution in [0.15, 0.2) is 12.2 Å². The number of aliphatic hydroxyl groups excluding tert-OH is 1. The lowest BCUT2D eigenvalue weighted by Gasteiger charge is -2.24. The number of nitrogens with two attached hydrogens (primary N) is 1. The fourth-order valence-electron chi connectivity index (χ4n) is 2.68. The third kappa shape index (κ3) is 1.29. The molecule has 0 spiro atoms. The predicted molar refractivity (Wildman–Crippen MR) is 48.5 cm³/mol. The topological polar surface area (TPSA) is 46.2 Å². The van der Waals surface area contributed by atoms with Crippen molar-refractivity contribution in [1.29, 1.82) is 0 Å². The lowest BCUT2D eigenvalue weighted by atomic mass is 9.86. The van der Waals surface area contributed by atoms with Crippen LogP contribution in [0.5, 0.6) is 0 Å². The van der Waals surface area contributed by atoms with Gasteiger partial charge in [-0.15, -0.1) is 0 Å². The van der Waals surface area contributed by atoms with Gasteiger partial charge in [-0.05, 0) is 37.0 Å². The zero-order chi connectivity index (χ0) is 8.55. The van der Waals surface area contributed by atoms with Crippen LogP contribution in [0.4, 0.5) is 0 Å². The van der Waals surface area contributed by atoms with Crippen molar-refractivity contribution in [3.05, 3.63) is 12.2 Å². The van der Waals surface area contributed by atoms with Crippen LogP contribution in [0.25, 0.3) is 0 Å². The van der Waals surface area contributed by atoms with E-state index in [0.29, 0.717) is 5.92 Å². The molecule has 0 aromatic heterocycles. The van der Waals surface area contributed by atoms with Crippen molar-refractivity contribution in [2.24, 2.45) is 23.5 Å². The summed E-state index contributed by atoms with van der Waals surface area (Å²) >= 11 is 0. The fourth-order valence-corrected chi connectivity index (χ4v) is 2.68. The molecule has 1 saturated carbocycles. The molecule has 0 heterocycles.